The van der Waals surface area contributed by atoms with Crippen LogP contribution in [-0.4, -0.2) is 41.0 Å². The van der Waals surface area contributed by atoms with Crippen molar-refractivity contribution >= 4 is 11.6 Å². The maximum atomic E-state index is 5.83. The number of nitrogens with two attached hydrogens (primary N) is 1. The highest BCUT2D eigenvalue weighted by Gasteiger charge is 2.06. The van der Waals surface area contributed by atoms with Crippen molar-refractivity contribution in [1.82, 2.24) is 14.9 Å². The summed E-state index contributed by atoms with van der Waals surface area (Å²) in [4.78, 5) is 10.7. The quantitative estimate of drug-likeness (QED) is 0.689. The van der Waals surface area contributed by atoms with Crippen LogP contribution in [0.4, 0.5) is 11.6 Å². The Kier molecular flexibility index (Phi) is 6.43. The summed E-state index contributed by atoms with van der Waals surface area (Å²) in [6, 6.07) is 0. The van der Waals surface area contributed by atoms with Gasteiger partial charge in [-0.2, -0.15) is 0 Å². The van der Waals surface area contributed by atoms with Gasteiger partial charge in [0.15, 0.2) is 0 Å². The van der Waals surface area contributed by atoms with Gasteiger partial charge in [0.1, 0.15) is 18.0 Å². The number of hydrogen-bond donors (Lipinski definition) is 2. The Labute approximate surface area is 110 Å². The molecule has 5 heteroatoms. The van der Waals surface area contributed by atoms with E-state index in [2.05, 4.69) is 41.0 Å². The minimum Gasteiger partial charge on any atom is -0.383 e. The normalized spacial score (nSPS) is 10.9. The van der Waals surface area contributed by atoms with Gasteiger partial charge in [0.25, 0.3) is 0 Å². The van der Waals surface area contributed by atoms with Gasteiger partial charge in [-0.05, 0) is 32.5 Å². The first-order valence-corrected chi connectivity index (χ1v) is 6.78. The van der Waals surface area contributed by atoms with E-state index in [-0.39, 0.29) is 0 Å². The fraction of sp³-hybridized carbons (Fsp3) is 0.692. The highest BCUT2D eigenvalue weighted by molar-refractivity contribution is 5.54. The van der Waals surface area contributed by atoms with Crippen LogP contribution in [0.25, 0.3) is 0 Å². The molecular weight excluding hydrogens is 226 g/mol. The Hall–Kier alpha value is -1.36. The van der Waals surface area contributed by atoms with Crippen LogP contribution in [0.15, 0.2) is 6.33 Å². The van der Waals surface area contributed by atoms with Crippen LogP contribution in [0.2, 0.25) is 0 Å². The second-order valence-corrected chi connectivity index (χ2v) is 4.25. The Morgan fingerprint density at radius 2 is 1.94 bits per heavy atom. The van der Waals surface area contributed by atoms with Gasteiger partial charge in [0, 0.05) is 12.1 Å². The fourth-order valence-corrected chi connectivity index (χ4v) is 1.98. The van der Waals surface area contributed by atoms with E-state index >= 15 is 0 Å². The van der Waals surface area contributed by atoms with Gasteiger partial charge in [0.2, 0.25) is 0 Å². The highest BCUT2D eigenvalue weighted by atomic mass is 15.1. The van der Waals surface area contributed by atoms with E-state index in [1.54, 1.807) is 0 Å². The number of anilines is 2. The summed E-state index contributed by atoms with van der Waals surface area (Å²) in [5.41, 5.74) is 6.84. The Bertz CT molecular complexity index is 349. The fourth-order valence-electron chi connectivity index (χ4n) is 1.98. The van der Waals surface area contributed by atoms with Crippen molar-refractivity contribution in [3.05, 3.63) is 11.9 Å². The van der Waals surface area contributed by atoms with Crippen LogP contribution in [0.3, 0.4) is 0 Å². The summed E-state index contributed by atoms with van der Waals surface area (Å²) < 4.78 is 0. The number of aromatic nitrogens is 2. The summed E-state index contributed by atoms with van der Waals surface area (Å²) in [5, 5.41) is 3.35. The molecule has 0 aliphatic rings. The van der Waals surface area contributed by atoms with Crippen molar-refractivity contribution in [2.75, 3.05) is 37.2 Å². The Balaban J connectivity index is 2.42. The van der Waals surface area contributed by atoms with Gasteiger partial charge < -0.3 is 16.0 Å². The van der Waals surface area contributed by atoms with Crippen molar-refractivity contribution in [2.45, 2.75) is 33.6 Å². The molecule has 0 saturated carbocycles. The van der Waals surface area contributed by atoms with E-state index in [0.717, 1.165) is 50.4 Å². The summed E-state index contributed by atoms with van der Waals surface area (Å²) in [6.07, 6.45) is 3.47. The molecule has 0 bridgehead atoms. The van der Waals surface area contributed by atoms with E-state index in [1.807, 2.05) is 0 Å². The number of hydrogen-bond acceptors (Lipinski definition) is 5. The minimum absolute atomic E-state index is 0.582. The predicted octanol–water partition coefficient (Wildman–Crippen LogP) is 1.77. The lowest BCUT2D eigenvalue weighted by molar-refractivity contribution is 0.303. The molecule has 1 rings (SSSR count). The SMILES string of the molecule is CCc1c(N)ncnc1NCCCN(CC)CC. The van der Waals surface area contributed by atoms with Gasteiger partial charge in [0.05, 0.1) is 0 Å². The van der Waals surface area contributed by atoms with E-state index in [9.17, 15) is 0 Å². The molecule has 1 aromatic heterocycles. The molecule has 5 nitrogen and oxygen atoms in total. The van der Waals surface area contributed by atoms with Crippen LogP contribution in [0.1, 0.15) is 32.8 Å². The molecule has 1 heterocycles. The van der Waals surface area contributed by atoms with E-state index < -0.39 is 0 Å². The van der Waals surface area contributed by atoms with Gasteiger partial charge in [-0.15, -0.1) is 0 Å². The third-order valence-corrected chi connectivity index (χ3v) is 3.17. The molecule has 3 N–H and O–H groups in total. The third-order valence-electron chi connectivity index (χ3n) is 3.17. The molecule has 0 saturated heterocycles. The lowest BCUT2D eigenvalue weighted by atomic mass is 10.2. The van der Waals surface area contributed by atoms with Gasteiger partial charge in [-0.1, -0.05) is 20.8 Å². The Morgan fingerprint density at radius 1 is 1.22 bits per heavy atom. The van der Waals surface area contributed by atoms with Crippen LogP contribution in [0.5, 0.6) is 0 Å². The van der Waals surface area contributed by atoms with Gasteiger partial charge in [-0.3, -0.25) is 0 Å². The summed E-state index contributed by atoms with van der Waals surface area (Å²) in [6.45, 7) is 10.7. The summed E-state index contributed by atoms with van der Waals surface area (Å²) in [5.74, 6) is 1.46. The van der Waals surface area contributed by atoms with Crippen LogP contribution >= 0.6 is 0 Å². The molecule has 18 heavy (non-hydrogen) atoms. The first kappa shape index (κ1) is 14.7. The van der Waals surface area contributed by atoms with Crippen LogP contribution in [-0.2, 0) is 6.42 Å². The first-order valence-electron chi connectivity index (χ1n) is 6.78. The zero-order valence-electron chi connectivity index (χ0n) is 11.7. The van der Waals surface area contributed by atoms with Crippen molar-refractivity contribution in [3.63, 3.8) is 0 Å². The number of rotatable bonds is 8. The lowest BCUT2D eigenvalue weighted by Gasteiger charge is -2.18. The molecule has 0 atom stereocenters. The minimum atomic E-state index is 0.582. The van der Waals surface area contributed by atoms with Gasteiger partial charge >= 0.3 is 0 Å². The monoisotopic (exact) mass is 251 g/mol. The van der Waals surface area contributed by atoms with E-state index in [4.69, 9.17) is 5.73 Å². The third kappa shape index (κ3) is 4.14. The summed E-state index contributed by atoms with van der Waals surface area (Å²) in [7, 11) is 0. The van der Waals surface area contributed by atoms with Crippen molar-refractivity contribution < 1.29 is 0 Å². The molecule has 0 spiro atoms. The maximum Gasteiger partial charge on any atom is 0.134 e. The molecule has 1 aromatic rings. The molecule has 0 radical (unpaired) electrons. The highest BCUT2D eigenvalue weighted by Crippen LogP contribution is 2.17. The van der Waals surface area contributed by atoms with E-state index in [1.165, 1.54) is 6.33 Å². The topological polar surface area (TPSA) is 67.1 Å². The molecule has 0 aliphatic heterocycles. The molecule has 0 fully saturated rings. The second-order valence-electron chi connectivity index (χ2n) is 4.25. The molecule has 102 valence electrons. The second kappa shape index (κ2) is 7.87. The van der Waals surface area contributed by atoms with Crippen molar-refractivity contribution in [1.29, 1.82) is 0 Å². The van der Waals surface area contributed by atoms with Crippen LogP contribution in [0, 0.1) is 0 Å². The summed E-state index contributed by atoms with van der Waals surface area (Å²) >= 11 is 0. The molecular formula is C13H25N5. The lowest BCUT2D eigenvalue weighted by Crippen LogP contribution is -2.25. The standard InChI is InChI=1S/C13H25N5/c1-4-11-12(14)16-10-17-13(11)15-8-7-9-18(5-2)6-3/h10H,4-9H2,1-3H3,(H3,14,15,16,17). The van der Waals surface area contributed by atoms with E-state index in [0.29, 0.717) is 5.82 Å². The van der Waals surface area contributed by atoms with Crippen molar-refractivity contribution in [2.24, 2.45) is 0 Å². The molecule has 0 aliphatic carbocycles. The van der Waals surface area contributed by atoms with Crippen LogP contribution < -0.4 is 11.1 Å². The van der Waals surface area contributed by atoms with Gasteiger partial charge in [-0.25, -0.2) is 9.97 Å². The first-order chi connectivity index (χ1) is 8.72. The smallest absolute Gasteiger partial charge is 0.134 e. The molecule has 0 unspecified atom stereocenters. The maximum absolute atomic E-state index is 5.83. The predicted molar refractivity (Wildman–Crippen MR) is 76.7 cm³/mol. The average molecular weight is 251 g/mol. The average Bonchev–Trinajstić information content (AvgIpc) is 2.39. The number of nitrogens with zero attached hydrogens (tertiary/aromatic N) is 3. The largest absolute Gasteiger partial charge is 0.383 e. The Morgan fingerprint density at radius 3 is 2.56 bits per heavy atom. The van der Waals surface area contributed by atoms with Crippen molar-refractivity contribution in [3.8, 4) is 0 Å². The zero-order valence-corrected chi connectivity index (χ0v) is 11.7. The molecule has 0 aromatic carbocycles. The number of nitrogens with one attached hydrogen (secondary N) is 1. The zero-order chi connectivity index (χ0) is 13.4. The number of nitrogen functional groups attached to an aromatic ring is 1. The molecule has 0 amide bonds.